The minimum absolute atomic E-state index is 0.326. The fourth-order valence-electron chi connectivity index (χ4n) is 2.85. The van der Waals surface area contributed by atoms with Gasteiger partial charge in [-0.3, -0.25) is 4.99 Å². The number of para-hydroxylation sites is 1. The van der Waals surface area contributed by atoms with Gasteiger partial charge in [-0.2, -0.15) is 0 Å². The summed E-state index contributed by atoms with van der Waals surface area (Å²) in [4.78, 5) is 6.61. The van der Waals surface area contributed by atoms with E-state index >= 15 is 0 Å². The lowest BCUT2D eigenvalue weighted by atomic mass is 10.1. The topological polar surface area (TPSA) is 24.8 Å². The molecule has 0 bridgehead atoms. The van der Waals surface area contributed by atoms with Crippen molar-refractivity contribution in [3.8, 4) is 5.75 Å². The van der Waals surface area contributed by atoms with E-state index in [1.165, 1.54) is 31.0 Å². The number of hydrogen-bond donors (Lipinski definition) is 0. The van der Waals surface area contributed by atoms with Crippen LogP contribution >= 0.6 is 0 Å². The minimum Gasteiger partial charge on any atom is -0.496 e. The van der Waals surface area contributed by atoms with Crippen molar-refractivity contribution in [1.82, 2.24) is 0 Å². The van der Waals surface area contributed by atoms with E-state index in [1.54, 1.807) is 31.5 Å². The quantitative estimate of drug-likeness (QED) is 0.772. The lowest BCUT2D eigenvalue weighted by Crippen LogP contribution is -2.29. The van der Waals surface area contributed by atoms with Gasteiger partial charge in [0.05, 0.1) is 12.8 Å². The first-order chi connectivity index (χ1) is 11.3. The summed E-state index contributed by atoms with van der Waals surface area (Å²) < 4.78 is 19.1. The predicted molar refractivity (Wildman–Crippen MR) is 92.7 cm³/mol. The van der Waals surface area contributed by atoms with E-state index in [0.29, 0.717) is 5.69 Å². The van der Waals surface area contributed by atoms with Crippen molar-refractivity contribution in [2.75, 3.05) is 25.1 Å². The Balaban J connectivity index is 1.83. The Morgan fingerprint density at radius 1 is 1.09 bits per heavy atom. The summed E-state index contributed by atoms with van der Waals surface area (Å²) in [5.74, 6) is 0.431. The van der Waals surface area contributed by atoms with Gasteiger partial charge in [-0.05, 0) is 43.5 Å². The van der Waals surface area contributed by atoms with Gasteiger partial charge >= 0.3 is 0 Å². The zero-order valence-electron chi connectivity index (χ0n) is 13.3. The zero-order chi connectivity index (χ0) is 16.1. The maximum absolute atomic E-state index is 13.6. The number of benzene rings is 2. The van der Waals surface area contributed by atoms with Crippen LogP contribution in [-0.4, -0.2) is 26.4 Å². The lowest BCUT2D eigenvalue weighted by molar-refractivity contribution is 0.414. The van der Waals surface area contributed by atoms with Gasteiger partial charge in [-0.25, -0.2) is 4.39 Å². The first-order valence-corrected chi connectivity index (χ1v) is 7.99. The van der Waals surface area contributed by atoms with E-state index in [4.69, 9.17) is 4.74 Å². The minimum atomic E-state index is -0.326. The highest BCUT2D eigenvalue weighted by Gasteiger charge is 2.12. The fraction of sp³-hybridized carbons (Fsp3) is 0.316. The van der Waals surface area contributed by atoms with Crippen molar-refractivity contribution in [2.45, 2.75) is 19.3 Å². The zero-order valence-corrected chi connectivity index (χ0v) is 13.3. The van der Waals surface area contributed by atoms with Crippen LogP contribution in [0.2, 0.25) is 0 Å². The van der Waals surface area contributed by atoms with Crippen molar-refractivity contribution < 1.29 is 9.13 Å². The van der Waals surface area contributed by atoms with Crippen LogP contribution in [0.5, 0.6) is 5.75 Å². The molecule has 0 saturated carbocycles. The Bertz CT molecular complexity index is 694. The first-order valence-electron chi connectivity index (χ1n) is 7.99. The average molecular weight is 312 g/mol. The maximum Gasteiger partial charge on any atom is 0.148 e. The molecule has 0 amide bonds. The molecule has 0 aromatic heterocycles. The Labute approximate surface area is 136 Å². The summed E-state index contributed by atoms with van der Waals surface area (Å²) in [6, 6.07) is 12.6. The van der Waals surface area contributed by atoms with E-state index < -0.39 is 0 Å². The monoisotopic (exact) mass is 312 g/mol. The molecule has 1 fully saturated rings. The van der Waals surface area contributed by atoms with Crippen molar-refractivity contribution in [2.24, 2.45) is 4.99 Å². The Kier molecular flexibility index (Phi) is 4.91. The molecule has 4 heteroatoms. The van der Waals surface area contributed by atoms with Crippen molar-refractivity contribution >= 4 is 17.6 Å². The smallest absolute Gasteiger partial charge is 0.148 e. The molecule has 3 nitrogen and oxygen atoms in total. The third-order valence-corrected chi connectivity index (χ3v) is 4.13. The number of rotatable bonds is 4. The lowest BCUT2D eigenvalue weighted by Gasteiger charge is -2.29. The molecular formula is C19H21FN2O. The Hall–Kier alpha value is -2.36. The number of halogens is 1. The third-order valence-electron chi connectivity index (χ3n) is 4.13. The predicted octanol–water partition coefficient (Wildman–Crippen LogP) is 4.58. The van der Waals surface area contributed by atoms with Crippen LogP contribution in [0.3, 0.4) is 0 Å². The second kappa shape index (κ2) is 7.27. The standard InChI is InChI=1S/C19H21FN2O/c1-23-19-13-16(22-11-5-2-6-12-22)10-9-15(19)14-21-18-8-4-3-7-17(18)20/h3-4,7-10,13-14H,2,5-6,11-12H2,1H3. The summed E-state index contributed by atoms with van der Waals surface area (Å²) in [7, 11) is 1.65. The molecule has 0 spiro atoms. The largest absolute Gasteiger partial charge is 0.496 e. The molecule has 0 radical (unpaired) electrons. The van der Waals surface area contributed by atoms with Gasteiger partial charge in [-0.1, -0.05) is 12.1 Å². The van der Waals surface area contributed by atoms with Gasteiger partial charge in [0.1, 0.15) is 11.6 Å². The van der Waals surface area contributed by atoms with E-state index in [1.807, 2.05) is 12.1 Å². The number of hydrogen-bond acceptors (Lipinski definition) is 3. The van der Waals surface area contributed by atoms with Gasteiger partial charge in [0, 0.05) is 36.6 Å². The van der Waals surface area contributed by atoms with Crippen molar-refractivity contribution in [3.63, 3.8) is 0 Å². The number of ether oxygens (including phenoxy) is 1. The summed E-state index contributed by atoms with van der Waals surface area (Å²) in [5, 5.41) is 0. The SMILES string of the molecule is COc1cc(N2CCCCC2)ccc1C=Nc1ccccc1F. The van der Waals surface area contributed by atoms with Gasteiger partial charge in [0.15, 0.2) is 0 Å². The first kappa shape index (κ1) is 15.5. The number of aliphatic imine (C=N–C) groups is 1. The molecular weight excluding hydrogens is 291 g/mol. The Morgan fingerprint density at radius 2 is 1.87 bits per heavy atom. The van der Waals surface area contributed by atoms with Crippen LogP contribution in [0, 0.1) is 5.82 Å². The summed E-state index contributed by atoms with van der Waals surface area (Å²) in [5.41, 5.74) is 2.34. The molecule has 0 unspecified atom stereocenters. The van der Waals surface area contributed by atoms with Crippen LogP contribution in [-0.2, 0) is 0 Å². The molecule has 1 aliphatic rings. The summed E-state index contributed by atoms with van der Waals surface area (Å²) in [6.07, 6.45) is 5.43. The highest BCUT2D eigenvalue weighted by atomic mass is 19.1. The highest BCUT2D eigenvalue weighted by molar-refractivity contribution is 5.86. The van der Waals surface area contributed by atoms with Crippen LogP contribution in [0.25, 0.3) is 0 Å². The second-order valence-electron chi connectivity index (χ2n) is 5.68. The van der Waals surface area contributed by atoms with E-state index in [0.717, 1.165) is 24.4 Å². The molecule has 23 heavy (non-hydrogen) atoms. The third kappa shape index (κ3) is 3.70. The number of piperidine rings is 1. The average Bonchev–Trinajstić information content (AvgIpc) is 2.61. The van der Waals surface area contributed by atoms with Crippen LogP contribution in [0.1, 0.15) is 24.8 Å². The maximum atomic E-state index is 13.6. The molecule has 120 valence electrons. The Morgan fingerprint density at radius 3 is 2.61 bits per heavy atom. The van der Waals surface area contributed by atoms with Gasteiger partial charge < -0.3 is 9.64 Å². The molecule has 2 aromatic rings. The number of methoxy groups -OCH3 is 1. The molecule has 0 atom stereocenters. The molecule has 0 N–H and O–H groups in total. The summed E-state index contributed by atoms with van der Waals surface area (Å²) >= 11 is 0. The fourth-order valence-corrected chi connectivity index (χ4v) is 2.85. The molecule has 0 aliphatic carbocycles. The van der Waals surface area contributed by atoms with Crippen LogP contribution in [0.15, 0.2) is 47.5 Å². The van der Waals surface area contributed by atoms with Crippen LogP contribution < -0.4 is 9.64 Å². The molecule has 1 saturated heterocycles. The molecule has 2 aromatic carbocycles. The van der Waals surface area contributed by atoms with Gasteiger partial charge in [0.2, 0.25) is 0 Å². The molecule has 3 rings (SSSR count). The summed E-state index contributed by atoms with van der Waals surface area (Å²) in [6.45, 7) is 2.18. The van der Waals surface area contributed by atoms with Crippen LogP contribution in [0.4, 0.5) is 15.8 Å². The van der Waals surface area contributed by atoms with Gasteiger partial charge in [-0.15, -0.1) is 0 Å². The van der Waals surface area contributed by atoms with E-state index in [2.05, 4.69) is 16.0 Å². The second-order valence-corrected chi connectivity index (χ2v) is 5.68. The number of nitrogens with zero attached hydrogens (tertiary/aromatic N) is 2. The van der Waals surface area contributed by atoms with Crippen molar-refractivity contribution in [3.05, 3.63) is 53.8 Å². The number of anilines is 1. The van der Waals surface area contributed by atoms with E-state index in [9.17, 15) is 4.39 Å². The van der Waals surface area contributed by atoms with E-state index in [-0.39, 0.29) is 5.82 Å². The highest BCUT2D eigenvalue weighted by Crippen LogP contribution is 2.27. The van der Waals surface area contributed by atoms with Gasteiger partial charge in [0.25, 0.3) is 0 Å². The molecule has 1 heterocycles. The van der Waals surface area contributed by atoms with Crippen molar-refractivity contribution in [1.29, 1.82) is 0 Å². The molecule has 1 aliphatic heterocycles. The normalized spacial score (nSPS) is 15.1.